The molecule has 3 atom stereocenters. The van der Waals surface area contributed by atoms with Crippen molar-refractivity contribution < 1.29 is 19.8 Å². The van der Waals surface area contributed by atoms with Crippen LogP contribution in [0.1, 0.15) is 12.8 Å². The Morgan fingerprint density at radius 2 is 2.36 bits per heavy atom. The Balaban J connectivity index is 2.22. The minimum Gasteiger partial charge on any atom is -0.480 e. The van der Waals surface area contributed by atoms with Crippen LogP contribution in [0.4, 0.5) is 0 Å². The van der Waals surface area contributed by atoms with Gasteiger partial charge in [-0.15, -0.1) is 0 Å². The first-order valence-corrected chi connectivity index (χ1v) is 4.44. The summed E-state index contributed by atoms with van der Waals surface area (Å²) in [6.45, 7) is 0. The second-order valence-corrected chi connectivity index (χ2v) is 3.81. The lowest BCUT2D eigenvalue weighted by Crippen LogP contribution is -2.45. The van der Waals surface area contributed by atoms with Gasteiger partial charge in [-0.05, 0) is 12.2 Å². The zero-order chi connectivity index (χ0) is 10.3. The molecule has 1 heterocycles. The van der Waals surface area contributed by atoms with Crippen molar-refractivity contribution in [3.8, 4) is 0 Å². The number of nitrogens with one attached hydrogen (secondary N) is 1. The van der Waals surface area contributed by atoms with Gasteiger partial charge in [-0.3, -0.25) is 14.9 Å². The van der Waals surface area contributed by atoms with Gasteiger partial charge in [0.15, 0.2) is 5.78 Å². The average molecular weight is 197 g/mol. The van der Waals surface area contributed by atoms with E-state index in [0.717, 1.165) is 0 Å². The SMILES string of the molecule is O=C1C=C[C@]2(O)C[C@@H](C(=O)O)N[C@H]2C1. The summed E-state index contributed by atoms with van der Waals surface area (Å²) >= 11 is 0. The molecule has 1 aliphatic heterocycles. The van der Waals surface area contributed by atoms with Crippen LogP contribution in [0.25, 0.3) is 0 Å². The highest BCUT2D eigenvalue weighted by atomic mass is 16.4. The summed E-state index contributed by atoms with van der Waals surface area (Å²) in [5, 5.41) is 21.5. The summed E-state index contributed by atoms with van der Waals surface area (Å²) in [4.78, 5) is 21.7. The second-order valence-electron chi connectivity index (χ2n) is 3.81. The van der Waals surface area contributed by atoms with E-state index in [1.165, 1.54) is 12.2 Å². The number of carbonyl (C=O) groups is 2. The molecule has 0 unspecified atom stereocenters. The molecule has 1 aliphatic carbocycles. The monoisotopic (exact) mass is 197 g/mol. The molecular weight excluding hydrogens is 186 g/mol. The first-order chi connectivity index (χ1) is 6.51. The lowest BCUT2D eigenvalue weighted by molar-refractivity contribution is -0.139. The smallest absolute Gasteiger partial charge is 0.320 e. The van der Waals surface area contributed by atoms with E-state index < -0.39 is 23.7 Å². The predicted octanol–water partition coefficient (Wildman–Crippen LogP) is -0.938. The Labute approximate surface area is 80.4 Å². The molecule has 0 aromatic carbocycles. The maximum absolute atomic E-state index is 11.0. The fourth-order valence-corrected chi connectivity index (χ4v) is 2.00. The summed E-state index contributed by atoms with van der Waals surface area (Å²) < 4.78 is 0. The topological polar surface area (TPSA) is 86.6 Å². The molecule has 0 saturated carbocycles. The van der Waals surface area contributed by atoms with Crippen molar-refractivity contribution >= 4 is 11.8 Å². The van der Waals surface area contributed by atoms with Gasteiger partial charge in [-0.25, -0.2) is 0 Å². The Morgan fingerprint density at radius 1 is 1.64 bits per heavy atom. The Kier molecular flexibility index (Phi) is 1.94. The highest BCUT2D eigenvalue weighted by Crippen LogP contribution is 2.31. The minimum absolute atomic E-state index is 0.0850. The molecule has 2 aliphatic rings. The molecule has 14 heavy (non-hydrogen) atoms. The fourth-order valence-electron chi connectivity index (χ4n) is 2.00. The Bertz CT molecular complexity index is 325. The number of hydrogen-bond acceptors (Lipinski definition) is 4. The summed E-state index contributed by atoms with van der Waals surface area (Å²) in [5.41, 5.74) is -1.17. The molecule has 0 spiro atoms. The van der Waals surface area contributed by atoms with Crippen LogP contribution in [0.3, 0.4) is 0 Å². The first-order valence-electron chi connectivity index (χ1n) is 4.44. The van der Waals surface area contributed by atoms with Gasteiger partial charge in [-0.2, -0.15) is 0 Å². The molecule has 1 fully saturated rings. The van der Waals surface area contributed by atoms with Crippen molar-refractivity contribution in [1.82, 2.24) is 5.32 Å². The largest absolute Gasteiger partial charge is 0.480 e. The molecule has 3 N–H and O–H groups in total. The summed E-state index contributed by atoms with van der Waals surface area (Å²) in [5.74, 6) is -1.08. The van der Waals surface area contributed by atoms with Gasteiger partial charge < -0.3 is 10.2 Å². The molecule has 0 aromatic heterocycles. The quantitative estimate of drug-likeness (QED) is 0.505. The van der Waals surface area contributed by atoms with E-state index in [-0.39, 0.29) is 18.6 Å². The summed E-state index contributed by atoms with van der Waals surface area (Å²) in [6, 6.07) is -1.22. The average Bonchev–Trinajstić information content (AvgIpc) is 2.43. The van der Waals surface area contributed by atoms with E-state index in [2.05, 4.69) is 5.32 Å². The van der Waals surface area contributed by atoms with Crippen LogP contribution < -0.4 is 5.32 Å². The lowest BCUT2D eigenvalue weighted by atomic mass is 9.85. The summed E-state index contributed by atoms with van der Waals surface area (Å²) in [6.07, 6.45) is 3.01. The highest BCUT2D eigenvalue weighted by molar-refractivity contribution is 5.92. The maximum Gasteiger partial charge on any atom is 0.320 e. The van der Waals surface area contributed by atoms with Gasteiger partial charge in [0.05, 0.1) is 0 Å². The van der Waals surface area contributed by atoms with Crippen molar-refractivity contribution in [2.24, 2.45) is 0 Å². The number of carboxylic acids is 1. The number of carbonyl (C=O) groups excluding carboxylic acids is 1. The number of allylic oxidation sites excluding steroid dienone is 1. The standard InChI is InChI=1S/C9H11NO4/c11-5-1-2-9(14)4-6(8(12)13)10-7(9)3-5/h1-2,6-7,10,14H,3-4H2,(H,12,13)/t6-,7-,9-/m0/s1. The lowest BCUT2D eigenvalue weighted by Gasteiger charge is -2.28. The van der Waals surface area contributed by atoms with Crippen molar-refractivity contribution in [3.05, 3.63) is 12.2 Å². The maximum atomic E-state index is 11.0. The van der Waals surface area contributed by atoms with Crippen LogP contribution >= 0.6 is 0 Å². The Morgan fingerprint density at radius 3 is 3.00 bits per heavy atom. The molecule has 0 radical (unpaired) electrons. The number of rotatable bonds is 1. The number of aliphatic carboxylic acids is 1. The zero-order valence-electron chi connectivity index (χ0n) is 7.43. The van der Waals surface area contributed by atoms with Crippen LogP contribution in [0.2, 0.25) is 0 Å². The number of fused-ring (bicyclic) bond motifs is 1. The van der Waals surface area contributed by atoms with Crippen molar-refractivity contribution in [1.29, 1.82) is 0 Å². The number of hydrogen-bond donors (Lipinski definition) is 3. The summed E-state index contributed by atoms with van der Waals surface area (Å²) in [7, 11) is 0. The van der Waals surface area contributed by atoms with Gasteiger partial charge in [0, 0.05) is 18.9 Å². The molecular formula is C9H11NO4. The van der Waals surface area contributed by atoms with Gasteiger partial charge in [0.1, 0.15) is 11.6 Å². The molecule has 0 aromatic rings. The zero-order valence-corrected chi connectivity index (χ0v) is 7.43. The number of aliphatic hydroxyl groups is 1. The van der Waals surface area contributed by atoms with E-state index in [4.69, 9.17) is 5.11 Å². The van der Waals surface area contributed by atoms with Crippen LogP contribution in [0.5, 0.6) is 0 Å². The molecule has 5 nitrogen and oxygen atoms in total. The predicted molar refractivity (Wildman–Crippen MR) is 46.7 cm³/mol. The number of carboxylic acid groups (broad SMARTS) is 1. The minimum atomic E-state index is -1.17. The highest BCUT2D eigenvalue weighted by Gasteiger charge is 2.48. The van der Waals surface area contributed by atoms with Crippen LogP contribution in [-0.4, -0.2) is 39.7 Å². The van der Waals surface area contributed by atoms with Gasteiger partial charge in [0.2, 0.25) is 0 Å². The molecule has 5 heteroatoms. The third kappa shape index (κ3) is 1.34. The van der Waals surface area contributed by atoms with E-state index >= 15 is 0 Å². The fraction of sp³-hybridized carbons (Fsp3) is 0.556. The van der Waals surface area contributed by atoms with Crippen LogP contribution in [0.15, 0.2) is 12.2 Å². The van der Waals surface area contributed by atoms with E-state index in [0.29, 0.717) is 0 Å². The molecule has 76 valence electrons. The van der Waals surface area contributed by atoms with Gasteiger partial charge >= 0.3 is 5.97 Å². The van der Waals surface area contributed by atoms with E-state index in [9.17, 15) is 14.7 Å². The van der Waals surface area contributed by atoms with Crippen LogP contribution in [0, 0.1) is 0 Å². The first kappa shape index (κ1) is 9.36. The van der Waals surface area contributed by atoms with Gasteiger partial charge in [-0.1, -0.05) is 0 Å². The van der Waals surface area contributed by atoms with E-state index in [1.807, 2.05) is 0 Å². The van der Waals surface area contributed by atoms with Crippen LogP contribution in [-0.2, 0) is 9.59 Å². The third-order valence-corrected chi connectivity index (χ3v) is 2.80. The third-order valence-electron chi connectivity index (χ3n) is 2.80. The Hall–Kier alpha value is -1.20. The molecule has 0 bridgehead atoms. The second kappa shape index (κ2) is 2.90. The normalized spacial score (nSPS) is 41.1. The molecule has 0 amide bonds. The number of ketones is 1. The van der Waals surface area contributed by atoms with Crippen molar-refractivity contribution in [2.45, 2.75) is 30.5 Å². The van der Waals surface area contributed by atoms with Crippen molar-refractivity contribution in [3.63, 3.8) is 0 Å². The van der Waals surface area contributed by atoms with Crippen molar-refractivity contribution in [2.75, 3.05) is 0 Å². The van der Waals surface area contributed by atoms with E-state index in [1.54, 1.807) is 0 Å². The van der Waals surface area contributed by atoms with Gasteiger partial charge in [0.25, 0.3) is 0 Å². The molecule has 2 rings (SSSR count). The molecule has 1 saturated heterocycles.